The number of carbonyl (C=O) groups excluding carboxylic acids is 2. The molecule has 0 spiro atoms. The summed E-state index contributed by atoms with van der Waals surface area (Å²) in [5.74, 6) is 0.0102. The van der Waals surface area contributed by atoms with Gasteiger partial charge in [0, 0.05) is 31.7 Å². The van der Waals surface area contributed by atoms with Crippen molar-refractivity contribution in [2.75, 3.05) is 26.2 Å². The first kappa shape index (κ1) is 18.7. The fraction of sp³-hybridized carbons (Fsp3) is 0.318. The van der Waals surface area contributed by atoms with Gasteiger partial charge in [0.2, 0.25) is 5.91 Å². The predicted molar refractivity (Wildman–Crippen MR) is 103 cm³/mol. The Labute approximate surface area is 159 Å². The monoisotopic (exact) mass is 361 g/mol. The molecule has 5 nitrogen and oxygen atoms in total. The highest BCUT2D eigenvalue weighted by atomic mass is 16.2. The molecule has 2 aromatic rings. The van der Waals surface area contributed by atoms with Gasteiger partial charge in [0.05, 0.1) is 18.1 Å². The van der Waals surface area contributed by atoms with E-state index in [2.05, 4.69) is 18.2 Å². The molecule has 1 fully saturated rings. The van der Waals surface area contributed by atoms with Crippen molar-refractivity contribution < 1.29 is 9.59 Å². The Morgan fingerprint density at radius 3 is 2.41 bits per heavy atom. The van der Waals surface area contributed by atoms with E-state index < -0.39 is 0 Å². The van der Waals surface area contributed by atoms with E-state index >= 15 is 0 Å². The molecular weight excluding hydrogens is 338 g/mol. The lowest BCUT2D eigenvalue weighted by atomic mass is 10.0. The van der Waals surface area contributed by atoms with Crippen LogP contribution in [0.3, 0.4) is 0 Å². The summed E-state index contributed by atoms with van der Waals surface area (Å²) in [6.07, 6.45) is 0.395. The number of carbonyl (C=O) groups is 2. The van der Waals surface area contributed by atoms with Crippen LogP contribution in [-0.4, -0.2) is 47.8 Å². The number of benzene rings is 2. The number of hydrogen-bond acceptors (Lipinski definition) is 3. The Morgan fingerprint density at radius 2 is 1.70 bits per heavy atom. The number of hydrogen-bond donors (Lipinski definition) is 0. The molecule has 0 bridgehead atoms. The molecule has 0 aliphatic carbocycles. The Bertz CT molecular complexity index is 906. The maximum atomic E-state index is 12.6. The number of rotatable bonds is 3. The molecule has 0 saturated carbocycles. The van der Waals surface area contributed by atoms with Crippen molar-refractivity contribution in [1.82, 2.24) is 9.80 Å². The lowest BCUT2D eigenvalue weighted by Crippen LogP contribution is -2.51. The van der Waals surface area contributed by atoms with Crippen molar-refractivity contribution in [3.63, 3.8) is 0 Å². The molecule has 2 amide bonds. The van der Waals surface area contributed by atoms with Crippen molar-refractivity contribution >= 4 is 11.8 Å². The average Bonchev–Trinajstić information content (AvgIpc) is 2.70. The molecule has 0 atom stereocenters. The van der Waals surface area contributed by atoms with Gasteiger partial charge in [-0.3, -0.25) is 9.59 Å². The van der Waals surface area contributed by atoms with Gasteiger partial charge in [-0.1, -0.05) is 29.8 Å². The van der Waals surface area contributed by atoms with Crippen LogP contribution in [0.15, 0.2) is 42.5 Å². The van der Waals surface area contributed by atoms with Gasteiger partial charge in [-0.05, 0) is 43.2 Å². The maximum Gasteiger partial charge on any atom is 0.254 e. The Kier molecular flexibility index (Phi) is 5.56. The van der Waals surface area contributed by atoms with Crippen molar-refractivity contribution in [1.29, 1.82) is 5.26 Å². The second-order valence-corrected chi connectivity index (χ2v) is 6.97. The normalized spacial score (nSPS) is 14.0. The molecule has 1 aliphatic rings. The van der Waals surface area contributed by atoms with Gasteiger partial charge in [-0.25, -0.2) is 0 Å². The second kappa shape index (κ2) is 8.05. The van der Waals surface area contributed by atoms with Crippen LogP contribution in [0.4, 0.5) is 0 Å². The van der Waals surface area contributed by atoms with Crippen LogP contribution in [0.1, 0.15) is 32.6 Å². The summed E-state index contributed by atoms with van der Waals surface area (Å²) in [5.41, 5.74) is 4.33. The second-order valence-electron chi connectivity index (χ2n) is 6.97. The number of nitriles is 1. The van der Waals surface area contributed by atoms with Crippen LogP contribution >= 0.6 is 0 Å². The molecule has 0 N–H and O–H groups in total. The third-order valence-electron chi connectivity index (χ3n) is 5.00. The minimum Gasteiger partial charge on any atom is -0.339 e. The number of nitrogens with zero attached hydrogens (tertiary/aromatic N) is 3. The summed E-state index contributed by atoms with van der Waals surface area (Å²) >= 11 is 0. The number of aryl methyl sites for hydroxylation is 2. The van der Waals surface area contributed by atoms with Crippen LogP contribution < -0.4 is 0 Å². The van der Waals surface area contributed by atoms with Crippen LogP contribution in [0.5, 0.6) is 0 Å². The zero-order chi connectivity index (χ0) is 19.4. The van der Waals surface area contributed by atoms with Crippen LogP contribution in [0.25, 0.3) is 0 Å². The maximum absolute atomic E-state index is 12.6. The Balaban J connectivity index is 1.59. The molecular formula is C22H23N3O2. The molecule has 3 rings (SSSR count). The quantitative estimate of drug-likeness (QED) is 0.844. The van der Waals surface area contributed by atoms with E-state index in [-0.39, 0.29) is 11.8 Å². The Hall–Kier alpha value is -3.13. The van der Waals surface area contributed by atoms with E-state index in [0.29, 0.717) is 43.7 Å². The van der Waals surface area contributed by atoms with Gasteiger partial charge in [0.15, 0.2) is 0 Å². The van der Waals surface area contributed by atoms with E-state index in [0.717, 1.165) is 16.7 Å². The zero-order valence-electron chi connectivity index (χ0n) is 15.7. The topological polar surface area (TPSA) is 64.4 Å². The highest BCUT2D eigenvalue weighted by molar-refractivity contribution is 5.94. The molecule has 0 aromatic heterocycles. The average molecular weight is 361 g/mol. The molecule has 0 unspecified atom stereocenters. The SMILES string of the molecule is Cc1ccc(C)c(CC(=O)N2CCN(C(=O)c3cccc(C#N)c3)CC2)c1. The molecule has 1 saturated heterocycles. The molecule has 0 radical (unpaired) electrons. The molecule has 1 aliphatic heterocycles. The fourth-order valence-corrected chi connectivity index (χ4v) is 3.33. The van der Waals surface area contributed by atoms with Gasteiger partial charge >= 0.3 is 0 Å². The van der Waals surface area contributed by atoms with Crippen molar-refractivity contribution in [2.24, 2.45) is 0 Å². The van der Waals surface area contributed by atoms with Crippen LogP contribution in [-0.2, 0) is 11.2 Å². The third-order valence-corrected chi connectivity index (χ3v) is 5.00. The third kappa shape index (κ3) is 4.35. The lowest BCUT2D eigenvalue weighted by molar-refractivity contribution is -0.131. The molecule has 5 heteroatoms. The minimum absolute atomic E-state index is 0.0891. The first-order chi connectivity index (χ1) is 13.0. The number of piperazine rings is 1. The minimum atomic E-state index is -0.0891. The standard InChI is InChI=1S/C22H23N3O2/c1-16-6-7-17(2)20(12-16)14-21(26)24-8-10-25(11-9-24)22(27)19-5-3-4-18(13-19)15-23/h3-7,12-13H,8-11,14H2,1-2H3. The van der Waals surface area contributed by atoms with E-state index in [1.165, 1.54) is 0 Å². The van der Waals surface area contributed by atoms with Crippen LogP contribution in [0.2, 0.25) is 0 Å². The van der Waals surface area contributed by atoms with Gasteiger partial charge in [0.25, 0.3) is 5.91 Å². The van der Waals surface area contributed by atoms with Crippen LogP contribution in [0, 0.1) is 25.2 Å². The first-order valence-electron chi connectivity index (χ1n) is 9.11. The fourth-order valence-electron chi connectivity index (χ4n) is 3.33. The summed E-state index contributed by atoms with van der Waals surface area (Å²) < 4.78 is 0. The Morgan fingerprint density at radius 1 is 1.00 bits per heavy atom. The molecule has 138 valence electrons. The smallest absolute Gasteiger partial charge is 0.254 e. The summed E-state index contributed by atoms with van der Waals surface area (Å²) in [4.78, 5) is 28.9. The highest BCUT2D eigenvalue weighted by Crippen LogP contribution is 2.15. The first-order valence-corrected chi connectivity index (χ1v) is 9.11. The van der Waals surface area contributed by atoms with Gasteiger partial charge < -0.3 is 9.80 Å². The van der Waals surface area contributed by atoms with Gasteiger partial charge in [0.1, 0.15) is 0 Å². The van der Waals surface area contributed by atoms with E-state index in [1.807, 2.05) is 24.8 Å². The number of amides is 2. The highest BCUT2D eigenvalue weighted by Gasteiger charge is 2.25. The largest absolute Gasteiger partial charge is 0.339 e. The van der Waals surface area contributed by atoms with E-state index in [1.54, 1.807) is 29.2 Å². The molecule has 27 heavy (non-hydrogen) atoms. The van der Waals surface area contributed by atoms with Crippen molar-refractivity contribution in [3.8, 4) is 6.07 Å². The van der Waals surface area contributed by atoms with Gasteiger partial charge in [-0.15, -0.1) is 0 Å². The summed E-state index contributed by atoms with van der Waals surface area (Å²) in [7, 11) is 0. The van der Waals surface area contributed by atoms with Crippen molar-refractivity contribution in [2.45, 2.75) is 20.3 Å². The van der Waals surface area contributed by atoms with E-state index in [4.69, 9.17) is 5.26 Å². The summed E-state index contributed by atoms with van der Waals surface area (Å²) in [5, 5.41) is 8.99. The predicted octanol–water partition coefficient (Wildman–Crippen LogP) is 2.70. The summed E-state index contributed by atoms with van der Waals surface area (Å²) in [6, 6.07) is 15.0. The zero-order valence-corrected chi connectivity index (χ0v) is 15.7. The lowest BCUT2D eigenvalue weighted by Gasteiger charge is -2.35. The van der Waals surface area contributed by atoms with Gasteiger partial charge in [-0.2, -0.15) is 5.26 Å². The molecule has 1 heterocycles. The van der Waals surface area contributed by atoms with E-state index in [9.17, 15) is 9.59 Å². The summed E-state index contributed by atoms with van der Waals surface area (Å²) in [6.45, 7) is 6.14. The molecule has 2 aromatic carbocycles. The van der Waals surface area contributed by atoms with Crippen molar-refractivity contribution in [3.05, 3.63) is 70.3 Å².